The maximum Gasteiger partial charge on any atom is 0.220 e. The molecule has 3 aromatic carbocycles. The van der Waals surface area contributed by atoms with Crippen LogP contribution in [0.2, 0.25) is 0 Å². The van der Waals surface area contributed by atoms with Crippen LogP contribution < -0.4 is 5.32 Å². The molecule has 0 spiro atoms. The molecule has 1 unspecified atom stereocenters. The third-order valence-electron chi connectivity index (χ3n) is 4.86. The van der Waals surface area contributed by atoms with E-state index in [4.69, 9.17) is 0 Å². The smallest absolute Gasteiger partial charge is 0.220 e. The number of rotatable bonds is 8. The summed E-state index contributed by atoms with van der Waals surface area (Å²) in [6.07, 6.45) is 2.17. The van der Waals surface area contributed by atoms with Crippen LogP contribution in [0.5, 0.6) is 0 Å². The summed E-state index contributed by atoms with van der Waals surface area (Å²) in [5.41, 5.74) is 2.37. The topological polar surface area (TPSA) is 32.3 Å². The zero-order chi connectivity index (χ0) is 19.1. The van der Waals surface area contributed by atoms with E-state index in [1.54, 1.807) is 0 Å². The van der Waals surface area contributed by atoms with Crippen molar-refractivity contribution in [2.45, 2.75) is 25.3 Å². The third-order valence-corrected chi connectivity index (χ3v) is 4.86. The molecule has 1 amide bonds. The first-order valence-corrected chi connectivity index (χ1v) is 9.58. The molecular formula is C24H28N2O. The molecule has 0 fully saturated rings. The van der Waals surface area contributed by atoms with Gasteiger partial charge in [0.1, 0.15) is 0 Å². The molecule has 3 aromatic rings. The fourth-order valence-electron chi connectivity index (χ4n) is 3.30. The van der Waals surface area contributed by atoms with Gasteiger partial charge in [0.05, 0.1) is 6.04 Å². The first kappa shape index (κ1) is 19.1. The number of nitrogens with one attached hydrogen (secondary N) is 1. The molecular weight excluding hydrogens is 332 g/mol. The summed E-state index contributed by atoms with van der Waals surface area (Å²) in [5, 5.41) is 5.69. The van der Waals surface area contributed by atoms with E-state index in [0.29, 0.717) is 6.42 Å². The first-order valence-electron chi connectivity index (χ1n) is 9.58. The van der Waals surface area contributed by atoms with E-state index in [9.17, 15) is 4.79 Å². The van der Waals surface area contributed by atoms with Crippen molar-refractivity contribution < 1.29 is 4.79 Å². The molecule has 3 nitrogen and oxygen atoms in total. The van der Waals surface area contributed by atoms with Crippen LogP contribution in [0, 0.1) is 0 Å². The second-order valence-electron chi connectivity index (χ2n) is 7.30. The Labute approximate surface area is 162 Å². The predicted molar refractivity (Wildman–Crippen MR) is 113 cm³/mol. The maximum atomic E-state index is 12.6. The minimum Gasteiger partial charge on any atom is -0.349 e. The number of aryl methyl sites for hydroxylation is 1. The fraction of sp³-hybridized carbons (Fsp3) is 0.292. The van der Waals surface area contributed by atoms with Crippen molar-refractivity contribution in [2.24, 2.45) is 0 Å². The van der Waals surface area contributed by atoms with E-state index < -0.39 is 0 Å². The number of carbonyl (C=O) groups excluding carboxylic acids is 1. The van der Waals surface area contributed by atoms with Crippen molar-refractivity contribution in [1.29, 1.82) is 0 Å². The summed E-state index contributed by atoms with van der Waals surface area (Å²) in [5.74, 6) is 0.107. The molecule has 0 saturated heterocycles. The molecule has 3 heteroatoms. The van der Waals surface area contributed by atoms with Crippen LogP contribution in [0.15, 0.2) is 72.8 Å². The molecule has 27 heavy (non-hydrogen) atoms. The van der Waals surface area contributed by atoms with Gasteiger partial charge in [0.25, 0.3) is 0 Å². The van der Waals surface area contributed by atoms with Gasteiger partial charge >= 0.3 is 0 Å². The van der Waals surface area contributed by atoms with Crippen molar-refractivity contribution in [3.05, 3.63) is 83.9 Å². The van der Waals surface area contributed by atoms with Crippen LogP contribution in [-0.2, 0) is 11.2 Å². The highest BCUT2D eigenvalue weighted by Gasteiger charge is 2.15. The molecule has 0 aromatic heterocycles. The largest absolute Gasteiger partial charge is 0.349 e. The van der Waals surface area contributed by atoms with Gasteiger partial charge in [0.15, 0.2) is 0 Å². The lowest BCUT2D eigenvalue weighted by molar-refractivity contribution is -0.121. The summed E-state index contributed by atoms with van der Waals surface area (Å²) < 4.78 is 0. The molecule has 3 rings (SSSR count). The van der Waals surface area contributed by atoms with Crippen LogP contribution in [-0.4, -0.2) is 31.4 Å². The van der Waals surface area contributed by atoms with Crippen molar-refractivity contribution >= 4 is 16.7 Å². The average molecular weight is 361 g/mol. The lowest BCUT2D eigenvalue weighted by atomic mass is 9.99. The van der Waals surface area contributed by atoms with E-state index >= 15 is 0 Å². The third kappa shape index (κ3) is 5.66. The number of hydrogen-bond acceptors (Lipinski definition) is 2. The molecule has 1 N–H and O–H groups in total. The normalized spacial score (nSPS) is 12.3. The first-order chi connectivity index (χ1) is 13.1. The Kier molecular flexibility index (Phi) is 6.61. The Morgan fingerprint density at radius 1 is 0.926 bits per heavy atom. The number of nitrogens with zero attached hydrogens (tertiary/aromatic N) is 1. The minimum absolute atomic E-state index is 0.0280. The Balaban J connectivity index is 1.70. The monoisotopic (exact) mass is 360 g/mol. The second kappa shape index (κ2) is 9.33. The van der Waals surface area contributed by atoms with Gasteiger partial charge in [0.2, 0.25) is 5.91 Å². The van der Waals surface area contributed by atoms with Crippen molar-refractivity contribution in [3.63, 3.8) is 0 Å². The lowest BCUT2D eigenvalue weighted by Crippen LogP contribution is -2.31. The average Bonchev–Trinajstić information content (AvgIpc) is 2.70. The SMILES string of the molecule is CN(C)CCC(NC(=O)CCc1ccccc1)c1ccc2ccccc2c1. The molecule has 0 aliphatic carbocycles. The van der Waals surface area contributed by atoms with Gasteiger partial charge in [-0.1, -0.05) is 66.7 Å². The zero-order valence-electron chi connectivity index (χ0n) is 16.2. The standard InChI is InChI=1S/C24H28N2O/c1-26(2)17-16-23(22-14-13-20-10-6-7-11-21(20)18-22)25-24(27)15-12-19-8-4-3-5-9-19/h3-11,13-14,18,23H,12,15-17H2,1-2H3,(H,25,27). The van der Waals surface area contributed by atoms with Crippen LogP contribution >= 0.6 is 0 Å². The van der Waals surface area contributed by atoms with Crippen LogP contribution in [0.4, 0.5) is 0 Å². The number of fused-ring (bicyclic) bond motifs is 1. The van der Waals surface area contributed by atoms with Gasteiger partial charge in [-0.2, -0.15) is 0 Å². The Hall–Kier alpha value is -2.65. The van der Waals surface area contributed by atoms with Gasteiger partial charge in [-0.25, -0.2) is 0 Å². The lowest BCUT2D eigenvalue weighted by Gasteiger charge is -2.22. The molecule has 0 heterocycles. The Morgan fingerprint density at radius 3 is 2.37 bits per heavy atom. The van der Waals surface area contributed by atoms with E-state index in [0.717, 1.165) is 19.4 Å². The van der Waals surface area contributed by atoms with E-state index in [1.807, 2.05) is 18.2 Å². The van der Waals surface area contributed by atoms with Gasteiger partial charge in [-0.15, -0.1) is 0 Å². The van der Waals surface area contributed by atoms with Crippen LogP contribution in [0.3, 0.4) is 0 Å². The summed E-state index contributed by atoms with van der Waals surface area (Å²) >= 11 is 0. The molecule has 0 saturated carbocycles. The summed E-state index contributed by atoms with van der Waals surface area (Å²) in [7, 11) is 4.13. The number of hydrogen-bond donors (Lipinski definition) is 1. The fourth-order valence-corrected chi connectivity index (χ4v) is 3.30. The quantitative estimate of drug-likeness (QED) is 0.638. The maximum absolute atomic E-state index is 12.6. The van der Waals surface area contributed by atoms with Gasteiger partial charge in [-0.3, -0.25) is 4.79 Å². The van der Waals surface area contributed by atoms with Crippen molar-refractivity contribution in [1.82, 2.24) is 10.2 Å². The highest BCUT2D eigenvalue weighted by atomic mass is 16.1. The predicted octanol–water partition coefficient (Wildman–Crippen LogP) is 4.58. The van der Waals surface area contributed by atoms with E-state index in [1.165, 1.54) is 21.9 Å². The highest BCUT2D eigenvalue weighted by Crippen LogP contribution is 2.23. The van der Waals surface area contributed by atoms with Gasteiger partial charge in [-0.05, 0) is 61.4 Å². The van der Waals surface area contributed by atoms with Gasteiger partial charge < -0.3 is 10.2 Å². The zero-order valence-corrected chi connectivity index (χ0v) is 16.2. The van der Waals surface area contributed by atoms with Crippen molar-refractivity contribution in [3.8, 4) is 0 Å². The Bertz CT molecular complexity index is 874. The van der Waals surface area contributed by atoms with E-state index in [-0.39, 0.29) is 11.9 Å². The summed E-state index contributed by atoms with van der Waals surface area (Å²) in [6.45, 7) is 0.927. The number of amides is 1. The molecule has 0 radical (unpaired) electrons. The molecule has 1 atom stereocenters. The summed E-state index contributed by atoms with van der Waals surface area (Å²) in [6, 6.07) is 25.0. The van der Waals surface area contributed by atoms with Crippen LogP contribution in [0.25, 0.3) is 10.8 Å². The molecule has 140 valence electrons. The highest BCUT2D eigenvalue weighted by molar-refractivity contribution is 5.83. The van der Waals surface area contributed by atoms with Crippen LogP contribution in [0.1, 0.15) is 30.0 Å². The van der Waals surface area contributed by atoms with E-state index in [2.05, 4.69) is 78.9 Å². The van der Waals surface area contributed by atoms with Crippen molar-refractivity contribution in [2.75, 3.05) is 20.6 Å². The minimum atomic E-state index is 0.0280. The molecule has 0 bridgehead atoms. The Morgan fingerprint density at radius 2 is 1.63 bits per heavy atom. The second-order valence-corrected chi connectivity index (χ2v) is 7.30. The molecule has 0 aliphatic heterocycles. The van der Waals surface area contributed by atoms with Gasteiger partial charge in [0, 0.05) is 6.42 Å². The molecule has 0 aliphatic rings. The summed E-state index contributed by atoms with van der Waals surface area (Å²) in [4.78, 5) is 14.7. The number of carbonyl (C=O) groups is 1. The number of benzene rings is 3.